The summed E-state index contributed by atoms with van der Waals surface area (Å²) in [7, 11) is 0. The van der Waals surface area contributed by atoms with Crippen LogP contribution in [0, 0.1) is 17.8 Å². The average Bonchev–Trinajstić information content (AvgIpc) is 2.95. The molecule has 0 saturated carbocycles. The van der Waals surface area contributed by atoms with Crippen LogP contribution >= 0.6 is 0 Å². The van der Waals surface area contributed by atoms with Gasteiger partial charge in [0.15, 0.2) is 0 Å². The molecule has 4 heteroatoms. The second-order valence-electron chi connectivity index (χ2n) is 4.71. The number of anilines is 1. The third-order valence-corrected chi connectivity index (χ3v) is 3.44. The van der Waals surface area contributed by atoms with Crippen molar-refractivity contribution in [3.63, 3.8) is 0 Å². The zero-order valence-electron chi connectivity index (χ0n) is 11.6. The van der Waals surface area contributed by atoms with Crippen molar-refractivity contribution in [2.24, 2.45) is 5.92 Å². The van der Waals surface area contributed by atoms with Gasteiger partial charge in [-0.1, -0.05) is 30.9 Å². The molecule has 2 atom stereocenters. The number of nitrogens with one attached hydrogen (secondary N) is 1. The number of rotatable bonds is 3. The van der Waals surface area contributed by atoms with Gasteiger partial charge in [0, 0.05) is 12.2 Å². The number of carbonyl (C=O) groups is 1. The molecule has 4 nitrogen and oxygen atoms in total. The first kappa shape index (κ1) is 14.6. The number of benzene rings is 1. The van der Waals surface area contributed by atoms with Crippen molar-refractivity contribution in [2.75, 3.05) is 18.5 Å². The number of aliphatic hydroxyl groups is 1. The monoisotopic (exact) mass is 273 g/mol. The first-order valence-electron chi connectivity index (χ1n) is 6.87. The van der Waals surface area contributed by atoms with E-state index in [0.717, 1.165) is 12.8 Å². The van der Waals surface area contributed by atoms with E-state index in [0.29, 0.717) is 17.9 Å². The van der Waals surface area contributed by atoms with E-state index >= 15 is 0 Å². The van der Waals surface area contributed by atoms with Crippen LogP contribution in [0.5, 0.6) is 0 Å². The first-order chi connectivity index (χ1) is 9.76. The van der Waals surface area contributed by atoms with Gasteiger partial charge in [0.1, 0.15) is 6.61 Å². The van der Waals surface area contributed by atoms with Crippen LogP contribution in [0.25, 0.3) is 0 Å². The number of aliphatic hydroxyl groups excluding tert-OH is 1. The summed E-state index contributed by atoms with van der Waals surface area (Å²) in [5.74, 6) is 5.32. The number of ether oxygens (including phenoxy) is 1. The zero-order chi connectivity index (χ0) is 14.4. The molecular weight excluding hydrogens is 254 g/mol. The van der Waals surface area contributed by atoms with E-state index in [1.54, 1.807) is 0 Å². The molecule has 0 radical (unpaired) electrons. The van der Waals surface area contributed by atoms with Gasteiger partial charge in [-0.05, 0) is 25.0 Å². The number of carbonyl (C=O) groups excluding carboxylic acids is 1. The van der Waals surface area contributed by atoms with E-state index in [9.17, 15) is 4.79 Å². The van der Waals surface area contributed by atoms with Crippen LogP contribution in [0.2, 0.25) is 0 Å². The van der Waals surface area contributed by atoms with Crippen LogP contribution in [0.3, 0.4) is 0 Å². The fourth-order valence-corrected chi connectivity index (χ4v) is 2.41. The van der Waals surface area contributed by atoms with Gasteiger partial charge in [0.25, 0.3) is 0 Å². The summed E-state index contributed by atoms with van der Waals surface area (Å²) in [6.45, 7) is 2.47. The maximum Gasteiger partial charge on any atom is 0.230 e. The highest BCUT2D eigenvalue weighted by Crippen LogP contribution is 2.25. The van der Waals surface area contributed by atoms with Gasteiger partial charge in [0.2, 0.25) is 5.91 Å². The molecule has 0 bridgehead atoms. The maximum absolute atomic E-state index is 12.3. The van der Waals surface area contributed by atoms with Crippen molar-refractivity contribution in [1.29, 1.82) is 0 Å². The van der Waals surface area contributed by atoms with E-state index in [2.05, 4.69) is 17.2 Å². The Morgan fingerprint density at radius 3 is 3.05 bits per heavy atom. The fraction of sp³-hybridized carbons (Fsp3) is 0.438. The molecular formula is C16H19NO3. The summed E-state index contributed by atoms with van der Waals surface area (Å²) in [6.07, 6.45) is 1.60. The fourth-order valence-electron chi connectivity index (χ4n) is 2.41. The lowest BCUT2D eigenvalue weighted by Crippen LogP contribution is -2.29. The second-order valence-corrected chi connectivity index (χ2v) is 4.71. The lowest BCUT2D eigenvalue weighted by atomic mass is 9.98. The van der Waals surface area contributed by atoms with Crippen molar-refractivity contribution in [3.05, 3.63) is 29.8 Å². The third-order valence-electron chi connectivity index (χ3n) is 3.44. The molecule has 1 heterocycles. The highest BCUT2D eigenvalue weighted by Gasteiger charge is 2.32. The maximum atomic E-state index is 12.3. The molecule has 1 aliphatic heterocycles. The van der Waals surface area contributed by atoms with Crippen LogP contribution in [0.4, 0.5) is 5.69 Å². The topological polar surface area (TPSA) is 58.6 Å². The molecule has 1 aromatic rings. The molecule has 106 valence electrons. The van der Waals surface area contributed by atoms with Crippen LogP contribution in [0.1, 0.15) is 25.3 Å². The number of hydrogen-bond donors (Lipinski definition) is 2. The number of para-hydroxylation sites is 1. The van der Waals surface area contributed by atoms with E-state index in [4.69, 9.17) is 9.84 Å². The van der Waals surface area contributed by atoms with Gasteiger partial charge in [-0.25, -0.2) is 0 Å². The Morgan fingerprint density at radius 2 is 2.30 bits per heavy atom. The minimum atomic E-state index is -0.198. The Labute approximate surface area is 119 Å². The van der Waals surface area contributed by atoms with E-state index in [-0.39, 0.29) is 24.5 Å². The lowest BCUT2D eigenvalue weighted by molar-refractivity contribution is -0.121. The second kappa shape index (κ2) is 7.09. The van der Waals surface area contributed by atoms with Crippen molar-refractivity contribution >= 4 is 11.6 Å². The molecule has 0 aromatic heterocycles. The summed E-state index contributed by atoms with van der Waals surface area (Å²) < 4.78 is 5.55. The van der Waals surface area contributed by atoms with Crippen LogP contribution in [-0.2, 0) is 9.53 Å². The number of hydrogen-bond acceptors (Lipinski definition) is 3. The Morgan fingerprint density at radius 1 is 1.50 bits per heavy atom. The minimum Gasteiger partial charge on any atom is -0.384 e. The predicted molar refractivity (Wildman–Crippen MR) is 77.2 cm³/mol. The van der Waals surface area contributed by atoms with Crippen molar-refractivity contribution in [1.82, 2.24) is 0 Å². The smallest absolute Gasteiger partial charge is 0.230 e. The Hall–Kier alpha value is -1.83. The molecule has 1 fully saturated rings. The summed E-state index contributed by atoms with van der Waals surface area (Å²) in [5, 5.41) is 11.7. The van der Waals surface area contributed by atoms with Gasteiger partial charge in [-0.15, -0.1) is 0 Å². The average molecular weight is 273 g/mol. The van der Waals surface area contributed by atoms with E-state index in [1.807, 2.05) is 31.2 Å². The van der Waals surface area contributed by atoms with E-state index in [1.165, 1.54) is 0 Å². The SMILES string of the molecule is CCC1OCCC1C(=O)Nc1ccccc1C#CCO. The van der Waals surface area contributed by atoms with Crippen LogP contribution in [0.15, 0.2) is 24.3 Å². The predicted octanol–water partition coefficient (Wildman–Crippen LogP) is 1.78. The quantitative estimate of drug-likeness (QED) is 0.825. The van der Waals surface area contributed by atoms with Crippen LogP contribution in [-0.4, -0.2) is 30.3 Å². The number of amides is 1. The molecule has 2 rings (SSSR count). The summed E-state index contributed by atoms with van der Waals surface area (Å²) in [4.78, 5) is 12.3. The molecule has 0 aliphatic carbocycles. The Bertz CT molecular complexity index is 530. The molecule has 20 heavy (non-hydrogen) atoms. The summed E-state index contributed by atoms with van der Waals surface area (Å²) >= 11 is 0. The molecule has 1 aliphatic rings. The van der Waals surface area contributed by atoms with Crippen molar-refractivity contribution in [2.45, 2.75) is 25.9 Å². The van der Waals surface area contributed by atoms with Crippen molar-refractivity contribution < 1.29 is 14.6 Å². The van der Waals surface area contributed by atoms with Gasteiger partial charge >= 0.3 is 0 Å². The molecule has 1 aromatic carbocycles. The Balaban J connectivity index is 2.11. The third kappa shape index (κ3) is 3.38. The normalized spacial score (nSPS) is 21.1. The van der Waals surface area contributed by atoms with Crippen molar-refractivity contribution in [3.8, 4) is 11.8 Å². The van der Waals surface area contributed by atoms with E-state index < -0.39 is 0 Å². The zero-order valence-corrected chi connectivity index (χ0v) is 11.6. The highest BCUT2D eigenvalue weighted by atomic mass is 16.5. The van der Waals surface area contributed by atoms with Gasteiger partial charge < -0.3 is 15.2 Å². The van der Waals surface area contributed by atoms with Gasteiger partial charge in [-0.2, -0.15) is 0 Å². The minimum absolute atomic E-state index is 0.00527. The van der Waals surface area contributed by atoms with Gasteiger partial charge in [-0.3, -0.25) is 4.79 Å². The highest BCUT2D eigenvalue weighted by molar-refractivity contribution is 5.94. The lowest BCUT2D eigenvalue weighted by Gasteiger charge is -2.17. The standard InChI is InChI=1S/C16H19NO3/c1-2-15-13(9-11-20-15)16(19)17-14-8-4-3-6-12(14)7-5-10-18/h3-4,6,8,13,15,18H,2,9-11H2,1H3,(H,17,19). The van der Waals surface area contributed by atoms with Crippen LogP contribution < -0.4 is 5.32 Å². The Kier molecular flexibility index (Phi) is 5.16. The molecule has 0 spiro atoms. The van der Waals surface area contributed by atoms with Gasteiger partial charge in [0.05, 0.1) is 17.7 Å². The molecule has 2 unspecified atom stereocenters. The summed E-state index contributed by atoms with van der Waals surface area (Å²) in [6, 6.07) is 7.34. The molecule has 1 saturated heterocycles. The molecule has 1 amide bonds. The largest absolute Gasteiger partial charge is 0.384 e. The molecule has 2 N–H and O–H groups in total. The summed E-state index contributed by atoms with van der Waals surface area (Å²) in [5.41, 5.74) is 1.39. The first-order valence-corrected chi connectivity index (χ1v) is 6.87.